The van der Waals surface area contributed by atoms with Gasteiger partial charge in [-0.1, -0.05) is 11.0 Å². The van der Waals surface area contributed by atoms with E-state index in [2.05, 4.69) is 27.4 Å². The molecule has 4 heterocycles. The molecule has 2 aliphatic heterocycles. The molecule has 0 aliphatic carbocycles. The Hall–Kier alpha value is -2.69. The molecule has 2 aliphatic rings. The standard InChI is InChI=1S/C18H21N7/c1-3-5-14-16(12-6-4-7-20-8-12)23-18-15(10-22-25(18)17(14)19)13-9-21-24(2)11-13/h9-12,20H,4,6-8,19H2,1-2H3/p+1. The fraction of sp³-hybridized carbons (Fsp3) is 0.389. The summed E-state index contributed by atoms with van der Waals surface area (Å²) in [4.78, 5) is 4.97. The Kier molecular flexibility index (Phi) is 3.99. The van der Waals surface area contributed by atoms with Crippen LogP contribution in [0.5, 0.6) is 0 Å². The van der Waals surface area contributed by atoms with Crippen molar-refractivity contribution in [3.8, 4) is 11.8 Å². The highest BCUT2D eigenvalue weighted by atomic mass is 15.4. The van der Waals surface area contributed by atoms with Crippen LogP contribution in [0, 0.1) is 11.8 Å². The van der Waals surface area contributed by atoms with Gasteiger partial charge in [-0.2, -0.15) is 14.6 Å². The van der Waals surface area contributed by atoms with E-state index < -0.39 is 0 Å². The van der Waals surface area contributed by atoms with Crippen LogP contribution in [-0.4, -0.2) is 40.9 Å². The summed E-state index contributed by atoms with van der Waals surface area (Å²) in [6.45, 7) is 3.78. The van der Waals surface area contributed by atoms with Crippen molar-refractivity contribution in [3.05, 3.63) is 29.2 Å². The molecule has 0 amide bonds. The maximum atomic E-state index is 6.43. The largest absolute Gasteiger partial charge is 0.382 e. The lowest BCUT2D eigenvalue weighted by molar-refractivity contribution is -0.828. The molecule has 1 fully saturated rings. The SMILES string of the molecule is CC#Cc1c(C2CCCNC2)nc2c(C3=C[NH+](C)N=C3)cnn2c1N. The van der Waals surface area contributed by atoms with E-state index >= 15 is 0 Å². The molecule has 2 atom stereocenters. The lowest BCUT2D eigenvalue weighted by Gasteiger charge is -2.24. The highest BCUT2D eigenvalue weighted by Gasteiger charge is 2.25. The van der Waals surface area contributed by atoms with Crippen LogP contribution in [0.2, 0.25) is 0 Å². The first kappa shape index (κ1) is 15.8. The zero-order valence-corrected chi connectivity index (χ0v) is 14.5. The van der Waals surface area contributed by atoms with Crippen LogP contribution in [0.15, 0.2) is 17.5 Å². The molecule has 0 bridgehead atoms. The van der Waals surface area contributed by atoms with E-state index in [0.717, 1.165) is 59.0 Å². The third-order valence-electron chi connectivity index (χ3n) is 4.73. The summed E-state index contributed by atoms with van der Waals surface area (Å²) in [6, 6.07) is 0. The minimum absolute atomic E-state index is 0.319. The Balaban J connectivity index is 1.92. The summed E-state index contributed by atoms with van der Waals surface area (Å²) in [6.07, 6.45) is 7.92. The lowest BCUT2D eigenvalue weighted by Crippen LogP contribution is -2.97. The first-order valence-corrected chi connectivity index (χ1v) is 8.59. The summed E-state index contributed by atoms with van der Waals surface area (Å²) in [5.74, 6) is 6.99. The molecule has 1 saturated heterocycles. The van der Waals surface area contributed by atoms with Gasteiger partial charge in [-0.3, -0.25) is 0 Å². The Morgan fingerprint density at radius 1 is 1.44 bits per heavy atom. The molecule has 4 N–H and O–H groups in total. The Morgan fingerprint density at radius 3 is 3.00 bits per heavy atom. The second kappa shape index (κ2) is 6.31. The highest BCUT2D eigenvalue weighted by Crippen LogP contribution is 2.30. The monoisotopic (exact) mass is 336 g/mol. The van der Waals surface area contributed by atoms with Crippen molar-refractivity contribution in [3.63, 3.8) is 0 Å². The van der Waals surface area contributed by atoms with Crippen molar-refractivity contribution in [2.24, 2.45) is 5.10 Å². The third-order valence-corrected chi connectivity index (χ3v) is 4.73. The summed E-state index contributed by atoms with van der Waals surface area (Å²) >= 11 is 0. The van der Waals surface area contributed by atoms with Crippen molar-refractivity contribution in [2.75, 3.05) is 25.9 Å². The Bertz CT molecular complexity index is 936. The average molecular weight is 336 g/mol. The molecule has 0 spiro atoms. The predicted molar refractivity (Wildman–Crippen MR) is 98.2 cm³/mol. The van der Waals surface area contributed by atoms with Crippen molar-refractivity contribution in [1.29, 1.82) is 0 Å². The number of allylic oxidation sites excluding steroid dienone is 1. The van der Waals surface area contributed by atoms with Gasteiger partial charge < -0.3 is 11.1 Å². The Morgan fingerprint density at radius 2 is 2.32 bits per heavy atom. The third kappa shape index (κ3) is 2.69. The smallest absolute Gasteiger partial charge is 0.165 e. The van der Waals surface area contributed by atoms with Gasteiger partial charge >= 0.3 is 0 Å². The number of rotatable bonds is 2. The normalized spacial score (nSPS) is 22.7. The van der Waals surface area contributed by atoms with Crippen LogP contribution in [-0.2, 0) is 0 Å². The molecule has 2 aromatic rings. The van der Waals surface area contributed by atoms with Gasteiger partial charge in [0.15, 0.2) is 5.65 Å². The first-order valence-electron chi connectivity index (χ1n) is 8.59. The quantitative estimate of drug-likeness (QED) is 0.674. The number of anilines is 1. The number of quaternary nitrogens is 1. The van der Waals surface area contributed by atoms with E-state index in [9.17, 15) is 0 Å². The maximum absolute atomic E-state index is 6.43. The van der Waals surface area contributed by atoms with Gasteiger partial charge in [-0.15, -0.1) is 5.92 Å². The molecule has 7 nitrogen and oxygen atoms in total. The summed E-state index contributed by atoms with van der Waals surface area (Å²) in [7, 11) is 1.98. The number of hydrogen-bond acceptors (Lipinski definition) is 5. The van der Waals surface area contributed by atoms with Crippen LogP contribution in [0.1, 0.15) is 42.5 Å². The second-order valence-electron chi connectivity index (χ2n) is 6.47. The topological polar surface area (TPSA) is 85.0 Å². The minimum Gasteiger partial charge on any atom is -0.382 e. The number of hydrogen-bond donors (Lipinski definition) is 3. The van der Waals surface area contributed by atoms with Gasteiger partial charge in [0.2, 0.25) is 0 Å². The van der Waals surface area contributed by atoms with Crippen LogP contribution < -0.4 is 16.1 Å². The molecular formula is C18H22N7+. The molecular weight excluding hydrogens is 314 g/mol. The zero-order chi connectivity index (χ0) is 17.4. The number of nitrogen functional groups attached to an aromatic ring is 1. The molecule has 2 aromatic heterocycles. The number of fused-ring (bicyclic) bond motifs is 1. The van der Waals surface area contributed by atoms with E-state index in [-0.39, 0.29) is 0 Å². The lowest BCUT2D eigenvalue weighted by atomic mass is 9.92. The molecule has 0 radical (unpaired) electrons. The summed E-state index contributed by atoms with van der Waals surface area (Å²) < 4.78 is 1.69. The molecule has 128 valence electrons. The predicted octanol–water partition coefficient (Wildman–Crippen LogP) is 0.00490. The van der Waals surface area contributed by atoms with Crippen molar-refractivity contribution >= 4 is 23.3 Å². The fourth-order valence-electron chi connectivity index (χ4n) is 3.49. The molecule has 0 saturated carbocycles. The van der Waals surface area contributed by atoms with Gasteiger partial charge in [0.05, 0.1) is 41.9 Å². The summed E-state index contributed by atoms with van der Waals surface area (Å²) in [5.41, 5.74) is 10.9. The number of piperidine rings is 1. The maximum Gasteiger partial charge on any atom is 0.165 e. The molecule has 4 rings (SSSR count). The van der Waals surface area contributed by atoms with Crippen molar-refractivity contribution in [2.45, 2.75) is 25.7 Å². The number of nitrogens with two attached hydrogens (primary N) is 1. The molecule has 2 unspecified atom stereocenters. The van der Waals surface area contributed by atoms with E-state index in [1.54, 1.807) is 10.7 Å². The fourth-order valence-corrected chi connectivity index (χ4v) is 3.49. The first-order chi connectivity index (χ1) is 12.2. The molecule has 25 heavy (non-hydrogen) atoms. The number of nitrogens with zero attached hydrogens (tertiary/aromatic N) is 4. The molecule has 7 heteroatoms. The van der Waals surface area contributed by atoms with Crippen LogP contribution in [0.4, 0.5) is 5.82 Å². The number of nitrogens with one attached hydrogen (secondary N) is 2. The van der Waals surface area contributed by atoms with Crippen molar-refractivity contribution < 1.29 is 5.01 Å². The number of aromatic nitrogens is 3. The van der Waals surface area contributed by atoms with Gasteiger partial charge in [-0.25, -0.2) is 4.98 Å². The average Bonchev–Trinajstić information content (AvgIpc) is 3.24. The van der Waals surface area contributed by atoms with Gasteiger partial charge in [0, 0.05) is 12.5 Å². The van der Waals surface area contributed by atoms with E-state index in [0.29, 0.717) is 11.7 Å². The van der Waals surface area contributed by atoms with Gasteiger partial charge in [-0.05, 0) is 26.3 Å². The van der Waals surface area contributed by atoms with Gasteiger partial charge in [0.25, 0.3) is 0 Å². The second-order valence-corrected chi connectivity index (χ2v) is 6.47. The van der Waals surface area contributed by atoms with Crippen LogP contribution in [0.25, 0.3) is 11.2 Å². The van der Waals surface area contributed by atoms with Crippen LogP contribution in [0.3, 0.4) is 0 Å². The zero-order valence-electron chi connectivity index (χ0n) is 14.5. The van der Waals surface area contributed by atoms with Crippen LogP contribution >= 0.6 is 0 Å². The van der Waals surface area contributed by atoms with Gasteiger partial charge in [0.1, 0.15) is 12.0 Å². The minimum atomic E-state index is 0.319. The van der Waals surface area contributed by atoms with E-state index in [4.69, 9.17) is 10.7 Å². The molecule has 0 aromatic carbocycles. The van der Waals surface area contributed by atoms with Crippen molar-refractivity contribution in [1.82, 2.24) is 19.9 Å². The summed E-state index contributed by atoms with van der Waals surface area (Å²) in [5, 5.41) is 13.2. The van der Waals surface area contributed by atoms with E-state index in [1.165, 1.54) is 0 Å². The highest BCUT2D eigenvalue weighted by molar-refractivity contribution is 6.12. The van der Waals surface area contributed by atoms with E-state index in [1.807, 2.05) is 26.4 Å². The Labute approximate surface area is 146 Å².